The summed E-state index contributed by atoms with van der Waals surface area (Å²) in [5.74, 6) is 2.87. The normalized spacial score (nSPS) is 24.5. The average Bonchev–Trinajstić information content (AvgIpc) is 2.55. The van der Waals surface area contributed by atoms with Crippen LogP contribution < -0.4 is 0 Å². The first-order valence-corrected chi connectivity index (χ1v) is 8.26. The molecule has 1 fully saturated rings. The van der Waals surface area contributed by atoms with E-state index in [1.54, 1.807) is 0 Å². The quantitative estimate of drug-likeness (QED) is 0.668. The Labute approximate surface area is 114 Å². The fraction of sp³-hybridized carbons (Fsp3) is 1.00. The summed E-state index contributed by atoms with van der Waals surface area (Å²) in [7, 11) is 0. The van der Waals surface area contributed by atoms with Crippen LogP contribution in [0.3, 0.4) is 0 Å². The zero-order valence-corrected chi connectivity index (χ0v) is 12.7. The standard InChI is InChI=1S/C15H31NS/c1-3-6-14-8-5-10-16(11-9-14)12-15(13-17)7-4-2/h14-15,17H,3-13H2,1-2H3. The van der Waals surface area contributed by atoms with Gasteiger partial charge in [0.15, 0.2) is 0 Å². The van der Waals surface area contributed by atoms with Gasteiger partial charge in [0.2, 0.25) is 0 Å². The molecule has 102 valence electrons. The van der Waals surface area contributed by atoms with Crippen LogP contribution in [-0.2, 0) is 0 Å². The number of nitrogens with zero attached hydrogens (tertiary/aromatic N) is 1. The molecule has 0 bridgehead atoms. The fourth-order valence-electron chi connectivity index (χ4n) is 3.12. The van der Waals surface area contributed by atoms with Gasteiger partial charge in [0.1, 0.15) is 0 Å². The summed E-state index contributed by atoms with van der Waals surface area (Å²) in [6.07, 6.45) is 9.76. The molecule has 2 heteroatoms. The Morgan fingerprint density at radius 1 is 1.18 bits per heavy atom. The first kappa shape index (κ1) is 15.4. The Morgan fingerprint density at radius 3 is 2.65 bits per heavy atom. The van der Waals surface area contributed by atoms with Gasteiger partial charge >= 0.3 is 0 Å². The van der Waals surface area contributed by atoms with Gasteiger partial charge in [0.25, 0.3) is 0 Å². The van der Waals surface area contributed by atoms with E-state index < -0.39 is 0 Å². The number of hydrogen-bond donors (Lipinski definition) is 1. The monoisotopic (exact) mass is 257 g/mol. The molecule has 0 aliphatic carbocycles. The summed E-state index contributed by atoms with van der Waals surface area (Å²) in [4.78, 5) is 2.70. The second-order valence-corrected chi connectivity index (χ2v) is 6.09. The van der Waals surface area contributed by atoms with Crippen LogP contribution in [0.1, 0.15) is 58.8 Å². The molecule has 1 saturated heterocycles. The number of rotatable bonds is 7. The van der Waals surface area contributed by atoms with Crippen LogP contribution in [0.2, 0.25) is 0 Å². The minimum absolute atomic E-state index is 0.811. The molecule has 1 heterocycles. The molecule has 0 saturated carbocycles. The minimum atomic E-state index is 0.811. The van der Waals surface area contributed by atoms with E-state index in [-0.39, 0.29) is 0 Å². The zero-order valence-electron chi connectivity index (χ0n) is 11.8. The van der Waals surface area contributed by atoms with Crippen molar-refractivity contribution in [3.63, 3.8) is 0 Å². The topological polar surface area (TPSA) is 3.24 Å². The van der Waals surface area contributed by atoms with Crippen molar-refractivity contribution in [1.82, 2.24) is 4.90 Å². The molecule has 0 N–H and O–H groups in total. The van der Waals surface area contributed by atoms with Gasteiger partial charge in [-0.05, 0) is 56.4 Å². The van der Waals surface area contributed by atoms with Crippen molar-refractivity contribution in [3.05, 3.63) is 0 Å². The smallest absolute Gasteiger partial charge is 0.00175 e. The fourth-order valence-corrected chi connectivity index (χ4v) is 3.42. The van der Waals surface area contributed by atoms with Crippen molar-refractivity contribution in [2.45, 2.75) is 58.8 Å². The van der Waals surface area contributed by atoms with Gasteiger partial charge in [0.05, 0.1) is 0 Å². The molecule has 1 rings (SSSR count). The minimum Gasteiger partial charge on any atom is -0.303 e. The van der Waals surface area contributed by atoms with E-state index in [2.05, 4.69) is 31.4 Å². The summed E-state index contributed by atoms with van der Waals surface area (Å²) in [6.45, 7) is 8.56. The van der Waals surface area contributed by atoms with Gasteiger partial charge in [-0.25, -0.2) is 0 Å². The van der Waals surface area contributed by atoms with E-state index in [1.165, 1.54) is 64.6 Å². The molecule has 0 aromatic heterocycles. The highest BCUT2D eigenvalue weighted by Crippen LogP contribution is 2.23. The second-order valence-electron chi connectivity index (χ2n) is 5.72. The van der Waals surface area contributed by atoms with E-state index in [9.17, 15) is 0 Å². The number of likely N-dealkylation sites (tertiary alicyclic amines) is 1. The summed E-state index contributed by atoms with van der Waals surface area (Å²) in [5, 5.41) is 0. The molecule has 17 heavy (non-hydrogen) atoms. The Balaban J connectivity index is 2.29. The van der Waals surface area contributed by atoms with Crippen molar-refractivity contribution in [2.75, 3.05) is 25.4 Å². The van der Waals surface area contributed by atoms with Gasteiger partial charge in [-0.1, -0.05) is 33.1 Å². The molecule has 0 radical (unpaired) electrons. The van der Waals surface area contributed by atoms with Gasteiger partial charge in [-0.2, -0.15) is 12.6 Å². The van der Waals surface area contributed by atoms with Crippen LogP contribution in [0.15, 0.2) is 0 Å². The van der Waals surface area contributed by atoms with Crippen molar-refractivity contribution >= 4 is 12.6 Å². The Kier molecular flexibility index (Phi) is 8.38. The predicted octanol–water partition coefficient (Wildman–Crippen LogP) is 4.23. The van der Waals surface area contributed by atoms with Crippen LogP contribution in [0.5, 0.6) is 0 Å². The van der Waals surface area contributed by atoms with Gasteiger partial charge < -0.3 is 4.90 Å². The van der Waals surface area contributed by atoms with Gasteiger partial charge in [-0.3, -0.25) is 0 Å². The second kappa shape index (κ2) is 9.27. The Bertz CT molecular complexity index is 184. The maximum absolute atomic E-state index is 4.50. The SMILES string of the molecule is CCCC1CCCN(CC(CS)CCC)CC1. The van der Waals surface area contributed by atoms with Crippen LogP contribution in [0.4, 0.5) is 0 Å². The molecular weight excluding hydrogens is 226 g/mol. The first-order valence-electron chi connectivity index (χ1n) is 7.63. The van der Waals surface area contributed by atoms with E-state index >= 15 is 0 Å². The lowest BCUT2D eigenvalue weighted by molar-refractivity contribution is 0.238. The van der Waals surface area contributed by atoms with Crippen molar-refractivity contribution in [2.24, 2.45) is 11.8 Å². The van der Waals surface area contributed by atoms with Crippen molar-refractivity contribution in [3.8, 4) is 0 Å². The molecule has 0 aromatic rings. The van der Waals surface area contributed by atoms with Crippen molar-refractivity contribution < 1.29 is 0 Å². The Hall–Kier alpha value is 0.310. The molecule has 1 aliphatic heterocycles. The summed E-state index contributed by atoms with van der Waals surface area (Å²) >= 11 is 4.50. The highest BCUT2D eigenvalue weighted by molar-refractivity contribution is 7.80. The molecule has 2 unspecified atom stereocenters. The summed E-state index contributed by atoms with van der Waals surface area (Å²) in [5.41, 5.74) is 0. The Morgan fingerprint density at radius 2 is 2.00 bits per heavy atom. The largest absolute Gasteiger partial charge is 0.303 e. The van der Waals surface area contributed by atoms with Crippen LogP contribution >= 0.6 is 12.6 Å². The highest BCUT2D eigenvalue weighted by Gasteiger charge is 2.18. The van der Waals surface area contributed by atoms with E-state index in [0.717, 1.165) is 17.6 Å². The third-order valence-corrected chi connectivity index (χ3v) is 4.63. The number of thiol groups is 1. The van der Waals surface area contributed by atoms with Crippen LogP contribution in [-0.4, -0.2) is 30.3 Å². The zero-order chi connectivity index (χ0) is 12.5. The van der Waals surface area contributed by atoms with Crippen molar-refractivity contribution in [1.29, 1.82) is 0 Å². The third kappa shape index (κ3) is 6.15. The lowest BCUT2D eigenvalue weighted by Gasteiger charge is -2.25. The average molecular weight is 257 g/mol. The summed E-state index contributed by atoms with van der Waals surface area (Å²) < 4.78 is 0. The molecule has 0 amide bonds. The predicted molar refractivity (Wildman–Crippen MR) is 80.9 cm³/mol. The van der Waals surface area contributed by atoms with E-state index in [1.807, 2.05) is 0 Å². The van der Waals surface area contributed by atoms with E-state index in [0.29, 0.717) is 0 Å². The molecular formula is C15H31NS. The molecule has 1 nitrogen and oxygen atoms in total. The molecule has 2 atom stereocenters. The highest BCUT2D eigenvalue weighted by atomic mass is 32.1. The van der Waals surface area contributed by atoms with Crippen LogP contribution in [0, 0.1) is 11.8 Å². The lowest BCUT2D eigenvalue weighted by atomic mass is 9.96. The molecule has 1 aliphatic rings. The van der Waals surface area contributed by atoms with Gasteiger partial charge in [0, 0.05) is 6.54 Å². The lowest BCUT2D eigenvalue weighted by Crippen LogP contribution is -2.31. The maximum Gasteiger partial charge on any atom is 0.00175 e. The maximum atomic E-state index is 4.50. The van der Waals surface area contributed by atoms with Gasteiger partial charge in [-0.15, -0.1) is 0 Å². The third-order valence-electron chi connectivity index (χ3n) is 4.11. The summed E-state index contributed by atoms with van der Waals surface area (Å²) in [6, 6.07) is 0. The molecule has 0 spiro atoms. The first-order chi connectivity index (χ1) is 8.30. The molecule has 0 aromatic carbocycles. The number of hydrogen-bond acceptors (Lipinski definition) is 2. The van der Waals surface area contributed by atoms with Crippen LogP contribution in [0.25, 0.3) is 0 Å². The van der Waals surface area contributed by atoms with E-state index in [4.69, 9.17) is 0 Å².